The van der Waals surface area contributed by atoms with E-state index >= 15 is 0 Å². The van der Waals surface area contributed by atoms with Crippen LogP contribution in [0.2, 0.25) is 0 Å². The lowest BCUT2D eigenvalue weighted by Crippen LogP contribution is -2.11. The molecule has 9 aromatic rings. The third-order valence-corrected chi connectivity index (χ3v) is 10.6. The summed E-state index contributed by atoms with van der Waals surface area (Å²) in [6.45, 7) is 0.191. The Labute approximate surface area is 381 Å². The Bertz CT molecular complexity index is 3230. The van der Waals surface area contributed by atoms with E-state index in [4.69, 9.17) is 14.2 Å². The highest BCUT2D eigenvalue weighted by atomic mass is 19.1. The van der Waals surface area contributed by atoms with Gasteiger partial charge in [0.2, 0.25) is 0 Å². The van der Waals surface area contributed by atoms with Gasteiger partial charge in [0.05, 0.1) is 25.6 Å². The predicted octanol–water partition coefficient (Wildman–Crippen LogP) is 11.2. The molecule has 0 atom stereocenters. The average Bonchev–Trinajstić information content (AvgIpc) is 3.35. The largest absolute Gasteiger partial charge is 0.504 e. The molecule has 0 saturated heterocycles. The van der Waals surface area contributed by atoms with Gasteiger partial charge in [-0.1, -0.05) is 54.6 Å². The van der Waals surface area contributed by atoms with Gasteiger partial charge in [0, 0.05) is 34.3 Å². The molecule has 0 spiro atoms. The Morgan fingerprint density at radius 3 is 1.40 bits per heavy atom. The van der Waals surface area contributed by atoms with Crippen molar-refractivity contribution in [3.63, 3.8) is 0 Å². The van der Waals surface area contributed by atoms with Crippen LogP contribution < -0.4 is 4.74 Å². The SMILES string of the molecule is COC(=O)c1nc(-c2ccc(F)cc2)c2cc(Cc3ccc(F)cc3)cnc2c1O.COC(=O)c1nc(-c2ccc(F)cc2)c2cc(Cc3ccc(F)cc3)cnc2c1OCc1ccccc1. The zero-order valence-electron chi connectivity index (χ0n) is 35.8. The van der Waals surface area contributed by atoms with Crippen LogP contribution in [0.3, 0.4) is 0 Å². The molecule has 334 valence electrons. The maximum atomic E-state index is 13.7. The molecule has 0 aliphatic heterocycles. The number of halogens is 4. The molecule has 0 aliphatic carbocycles. The summed E-state index contributed by atoms with van der Waals surface area (Å²) in [6, 6.07) is 37.1. The number of hydrogen-bond acceptors (Lipinski definition) is 10. The monoisotopic (exact) mass is 902 g/mol. The topological polar surface area (TPSA) is 134 Å². The van der Waals surface area contributed by atoms with E-state index < -0.39 is 23.5 Å². The van der Waals surface area contributed by atoms with E-state index in [-0.39, 0.29) is 46.7 Å². The fourth-order valence-corrected chi connectivity index (χ4v) is 7.28. The molecule has 4 heterocycles. The van der Waals surface area contributed by atoms with Crippen LogP contribution in [0, 0.1) is 23.3 Å². The summed E-state index contributed by atoms with van der Waals surface area (Å²) < 4.78 is 69.5. The lowest BCUT2D eigenvalue weighted by Gasteiger charge is -2.16. The summed E-state index contributed by atoms with van der Waals surface area (Å²) in [6.07, 6.45) is 4.24. The molecular weight excluding hydrogens is 865 g/mol. The maximum absolute atomic E-state index is 13.7. The van der Waals surface area contributed by atoms with Crippen molar-refractivity contribution < 1.29 is 46.5 Å². The van der Waals surface area contributed by atoms with Gasteiger partial charge in [-0.2, -0.15) is 0 Å². The van der Waals surface area contributed by atoms with Crippen LogP contribution in [-0.2, 0) is 28.9 Å². The average molecular weight is 903 g/mol. The van der Waals surface area contributed by atoms with Gasteiger partial charge in [0.25, 0.3) is 0 Å². The van der Waals surface area contributed by atoms with E-state index in [1.165, 1.54) is 74.9 Å². The Morgan fingerprint density at radius 1 is 0.507 bits per heavy atom. The number of aromatic nitrogens is 4. The quantitative estimate of drug-likeness (QED) is 0.0987. The Balaban J connectivity index is 0.000000186. The molecule has 0 fully saturated rings. The van der Waals surface area contributed by atoms with E-state index in [9.17, 15) is 32.3 Å². The van der Waals surface area contributed by atoms with Gasteiger partial charge in [0.15, 0.2) is 22.9 Å². The first-order chi connectivity index (χ1) is 32.5. The van der Waals surface area contributed by atoms with E-state index in [1.807, 2.05) is 36.4 Å². The second-order valence-corrected chi connectivity index (χ2v) is 15.2. The molecule has 4 aromatic heterocycles. The molecule has 0 unspecified atom stereocenters. The fourth-order valence-electron chi connectivity index (χ4n) is 7.28. The van der Waals surface area contributed by atoms with E-state index in [1.54, 1.807) is 54.9 Å². The zero-order valence-corrected chi connectivity index (χ0v) is 35.8. The molecule has 0 radical (unpaired) electrons. The van der Waals surface area contributed by atoms with Crippen molar-refractivity contribution in [2.24, 2.45) is 0 Å². The summed E-state index contributed by atoms with van der Waals surface area (Å²) in [7, 11) is 2.45. The number of hydrogen-bond donors (Lipinski definition) is 1. The molecule has 1 N–H and O–H groups in total. The molecule has 5 aromatic carbocycles. The van der Waals surface area contributed by atoms with Crippen LogP contribution in [0.1, 0.15) is 48.8 Å². The number of carbonyl (C=O) groups is 2. The molecule has 0 bridgehead atoms. The number of rotatable bonds is 11. The van der Waals surface area contributed by atoms with Crippen LogP contribution in [0.25, 0.3) is 44.3 Å². The number of aromatic hydroxyl groups is 1. The molecule has 0 amide bonds. The van der Waals surface area contributed by atoms with E-state index in [0.717, 1.165) is 27.8 Å². The first-order valence-electron chi connectivity index (χ1n) is 20.7. The standard InChI is InChI=1S/C30H22F2N2O3.C23H16F2N2O3/c1-36-30(35)28-29(37-18-20-5-3-2-4-6-20)27-25(26(34-28)22-9-13-24(32)14-10-22)16-21(17-33-27)15-19-7-11-23(31)12-8-19;1-30-23(29)21-22(28)20-18(19(27-21)15-4-8-17(25)9-5-15)11-14(12-26-20)10-13-2-6-16(24)7-3-13/h2-14,16-17H,15,18H2,1H3;2-9,11-12,28H,10H2,1H3. The zero-order chi connectivity index (χ0) is 47.0. The number of methoxy groups -OCH3 is 2. The molecule has 0 aliphatic rings. The highest BCUT2D eigenvalue weighted by molar-refractivity contribution is 6.04. The van der Waals surface area contributed by atoms with Gasteiger partial charge in [0.1, 0.15) is 40.9 Å². The first-order valence-corrected chi connectivity index (χ1v) is 20.7. The molecule has 10 nitrogen and oxygen atoms in total. The summed E-state index contributed by atoms with van der Waals surface area (Å²) in [5, 5.41) is 11.7. The van der Waals surface area contributed by atoms with Gasteiger partial charge in [-0.25, -0.2) is 37.1 Å². The number of carbonyl (C=O) groups excluding carboxylic acids is 2. The lowest BCUT2D eigenvalue weighted by molar-refractivity contribution is 0.0580. The van der Waals surface area contributed by atoms with Crippen molar-refractivity contribution in [3.05, 3.63) is 214 Å². The molecule has 9 rings (SSSR count). The van der Waals surface area contributed by atoms with Gasteiger partial charge in [-0.05, 0) is 126 Å². The number of pyridine rings is 4. The minimum absolute atomic E-state index is 0.0240. The number of nitrogens with zero attached hydrogens (tertiary/aromatic N) is 4. The first kappa shape index (κ1) is 45.1. The molecule has 67 heavy (non-hydrogen) atoms. The molecule has 14 heteroatoms. The van der Waals surface area contributed by atoms with Crippen molar-refractivity contribution in [2.75, 3.05) is 14.2 Å². The third kappa shape index (κ3) is 10.4. The molecular formula is C53H38F4N4O6. The normalized spacial score (nSPS) is 10.9. The number of ether oxygens (including phenoxy) is 3. The third-order valence-electron chi connectivity index (χ3n) is 10.6. The van der Waals surface area contributed by atoms with Crippen LogP contribution in [0.15, 0.2) is 152 Å². The summed E-state index contributed by atoms with van der Waals surface area (Å²) >= 11 is 0. The summed E-state index contributed by atoms with van der Waals surface area (Å²) in [5.74, 6) is -3.11. The van der Waals surface area contributed by atoms with E-state index in [2.05, 4.69) is 19.9 Å². The second kappa shape index (κ2) is 20.1. The summed E-state index contributed by atoms with van der Waals surface area (Å²) in [4.78, 5) is 42.8. The highest BCUT2D eigenvalue weighted by Gasteiger charge is 2.25. The second-order valence-electron chi connectivity index (χ2n) is 15.2. The van der Waals surface area contributed by atoms with Crippen molar-refractivity contribution in [1.82, 2.24) is 19.9 Å². The van der Waals surface area contributed by atoms with Gasteiger partial charge in [-0.15, -0.1) is 0 Å². The van der Waals surface area contributed by atoms with Crippen LogP contribution in [0.5, 0.6) is 11.5 Å². The van der Waals surface area contributed by atoms with Crippen LogP contribution in [0.4, 0.5) is 17.6 Å². The summed E-state index contributed by atoms with van der Waals surface area (Å²) in [5.41, 5.74) is 6.59. The Hall–Kier alpha value is -8.52. The Kier molecular flexibility index (Phi) is 13.5. The minimum atomic E-state index is -0.810. The van der Waals surface area contributed by atoms with Gasteiger partial charge < -0.3 is 19.3 Å². The maximum Gasteiger partial charge on any atom is 0.360 e. The van der Waals surface area contributed by atoms with Crippen molar-refractivity contribution in [2.45, 2.75) is 19.4 Å². The molecule has 0 saturated carbocycles. The van der Waals surface area contributed by atoms with Crippen LogP contribution >= 0.6 is 0 Å². The number of fused-ring (bicyclic) bond motifs is 2. The minimum Gasteiger partial charge on any atom is -0.504 e. The Morgan fingerprint density at radius 2 is 0.925 bits per heavy atom. The number of esters is 2. The predicted molar refractivity (Wildman–Crippen MR) is 243 cm³/mol. The fraction of sp³-hybridized carbons (Fsp3) is 0.0943. The van der Waals surface area contributed by atoms with Crippen molar-refractivity contribution in [1.29, 1.82) is 0 Å². The highest BCUT2D eigenvalue weighted by Crippen LogP contribution is 2.37. The van der Waals surface area contributed by atoms with Gasteiger partial charge in [-0.3, -0.25) is 9.97 Å². The smallest absolute Gasteiger partial charge is 0.360 e. The number of benzene rings is 5. The van der Waals surface area contributed by atoms with Crippen molar-refractivity contribution >= 4 is 33.7 Å². The van der Waals surface area contributed by atoms with Crippen LogP contribution in [-0.4, -0.2) is 51.2 Å². The van der Waals surface area contributed by atoms with Crippen molar-refractivity contribution in [3.8, 4) is 34.0 Å². The van der Waals surface area contributed by atoms with E-state index in [0.29, 0.717) is 51.6 Å². The lowest BCUT2D eigenvalue weighted by atomic mass is 10.0. The van der Waals surface area contributed by atoms with Gasteiger partial charge >= 0.3 is 11.9 Å².